The van der Waals surface area contributed by atoms with E-state index in [1.165, 1.54) is 16.4 Å². The fourth-order valence-corrected chi connectivity index (χ4v) is 4.58. The predicted octanol–water partition coefficient (Wildman–Crippen LogP) is 2.12. The molecule has 1 heterocycles. The van der Waals surface area contributed by atoms with Crippen molar-refractivity contribution < 1.29 is 13.2 Å². The highest BCUT2D eigenvalue weighted by atomic mass is 35.5. The summed E-state index contributed by atoms with van der Waals surface area (Å²) in [5, 5.41) is 3.54. The van der Waals surface area contributed by atoms with E-state index in [4.69, 9.17) is 27.9 Å². The van der Waals surface area contributed by atoms with Gasteiger partial charge in [-0.2, -0.15) is 4.31 Å². The van der Waals surface area contributed by atoms with Crippen LogP contribution in [0.5, 0.6) is 0 Å². The molecule has 2 rings (SSSR count). The third-order valence-electron chi connectivity index (χ3n) is 3.29. The van der Waals surface area contributed by atoms with Gasteiger partial charge in [-0.05, 0) is 31.7 Å². The van der Waals surface area contributed by atoms with Crippen molar-refractivity contribution in [1.29, 1.82) is 0 Å². The van der Waals surface area contributed by atoms with Gasteiger partial charge >= 0.3 is 0 Å². The molecule has 0 amide bonds. The summed E-state index contributed by atoms with van der Waals surface area (Å²) in [6, 6.07) is 3.02. The molecule has 1 aliphatic rings. The second kappa shape index (κ2) is 6.81. The number of sulfonamides is 1. The van der Waals surface area contributed by atoms with E-state index in [-0.39, 0.29) is 16.0 Å². The maximum absolute atomic E-state index is 12.7. The molecule has 21 heavy (non-hydrogen) atoms. The van der Waals surface area contributed by atoms with Crippen LogP contribution < -0.4 is 5.32 Å². The van der Waals surface area contributed by atoms with Gasteiger partial charge in [0.05, 0.1) is 17.7 Å². The molecule has 1 aliphatic heterocycles. The van der Waals surface area contributed by atoms with Crippen LogP contribution in [0.1, 0.15) is 12.5 Å². The first-order chi connectivity index (χ1) is 9.86. The second-order valence-electron chi connectivity index (χ2n) is 4.95. The number of ether oxygens (including phenoxy) is 1. The Labute approximate surface area is 135 Å². The van der Waals surface area contributed by atoms with Crippen LogP contribution in [0.4, 0.5) is 0 Å². The maximum Gasteiger partial charge on any atom is 0.244 e. The van der Waals surface area contributed by atoms with E-state index < -0.39 is 10.0 Å². The second-order valence-corrected chi connectivity index (χ2v) is 7.67. The lowest BCUT2D eigenvalue weighted by molar-refractivity contribution is 0.0102. The van der Waals surface area contributed by atoms with Gasteiger partial charge in [0.15, 0.2) is 0 Å². The number of hydrogen-bond donors (Lipinski definition) is 1. The standard InChI is InChI=1S/C13H18Cl2N2O3S/c1-9-8-17(3-4-20-9)21(18,19)13-5-10(7-16-2)11(14)6-12(13)15/h5-6,9,16H,3-4,7-8H2,1-2H3. The smallest absolute Gasteiger partial charge is 0.244 e. The topological polar surface area (TPSA) is 58.6 Å². The Morgan fingerprint density at radius 1 is 1.38 bits per heavy atom. The highest BCUT2D eigenvalue weighted by Crippen LogP contribution is 2.31. The van der Waals surface area contributed by atoms with Gasteiger partial charge in [-0.3, -0.25) is 0 Å². The number of halogens is 2. The highest BCUT2D eigenvalue weighted by molar-refractivity contribution is 7.89. The molecule has 0 saturated carbocycles. The Bertz CT molecular complexity index is 622. The quantitative estimate of drug-likeness (QED) is 0.901. The van der Waals surface area contributed by atoms with Gasteiger partial charge in [0.2, 0.25) is 10.0 Å². The van der Waals surface area contributed by atoms with E-state index in [9.17, 15) is 8.42 Å². The first-order valence-corrected chi connectivity index (χ1v) is 8.80. The van der Waals surface area contributed by atoms with Crippen molar-refractivity contribution in [2.45, 2.75) is 24.5 Å². The average Bonchev–Trinajstić information content (AvgIpc) is 2.41. The van der Waals surface area contributed by atoms with Crippen LogP contribution in [0.15, 0.2) is 17.0 Å². The van der Waals surface area contributed by atoms with E-state index in [0.29, 0.717) is 36.8 Å². The van der Waals surface area contributed by atoms with Crippen molar-refractivity contribution in [3.63, 3.8) is 0 Å². The third-order valence-corrected chi connectivity index (χ3v) is 5.97. The molecular formula is C13H18Cl2N2O3S. The molecule has 0 bridgehead atoms. The summed E-state index contributed by atoms with van der Waals surface area (Å²) in [6.07, 6.45) is -0.128. The maximum atomic E-state index is 12.7. The monoisotopic (exact) mass is 352 g/mol. The van der Waals surface area contributed by atoms with Gasteiger partial charge in [-0.15, -0.1) is 0 Å². The first kappa shape index (κ1) is 17.0. The molecule has 1 fully saturated rings. The van der Waals surface area contributed by atoms with Crippen LogP contribution in [0.25, 0.3) is 0 Å². The van der Waals surface area contributed by atoms with Crippen molar-refractivity contribution in [2.75, 3.05) is 26.7 Å². The Balaban J connectivity index is 2.41. The highest BCUT2D eigenvalue weighted by Gasteiger charge is 2.31. The molecule has 1 atom stereocenters. The molecule has 8 heteroatoms. The van der Waals surface area contributed by atoms with Crippen molar-refractivity contribution >= 4 is 33.2 Å². The molecule has 118 valence electrons. The van der Waals surface area contributed by atoms with Crippen LogP contribution in [-0.2, 0) is 21.3 Å². The Kier molecular flexibility index (Phi) is 5.51. The third kappa shape index (κ3) is 3.70. The zero-order valence-electron chi connectivity index (χ0n) is 11.9. The van der Waals surface area contributed by atoms with E-state index in [1.807, 2.05) is 6.92 Å². The van der Waals surface area contributed by atoms with E-state index in [1.54, 1.807) is 7.05 Å². The summed E-state index contributed by atoms with van der Waals surface area (Å²) in [5.74, 6) is 0. The molecule has 1 N–H and O–H groups in total. The molecule has 5 nitrogen and oxygen atoms in total. The zero-order valence-corrected chi connectivity index (χ0v) is 14.2. The minimum absolute atomic E-state index is 0.0907. The largest absolute Gasteiger partial charge is 0.376 e. The number of morpholine rings is 1. The molecular weight excluding hydrogens is 335 g/mol. The molecule has 1 aromatic rings. The Morgan fingerprint density at radius 3 is 2.71 bits per heavy atom. The van der Waals surface area contributed by atoms with Crippen molar-refractivity contribution in [3.05, 3.63) is 27.7 Å². The van der Waals surface area contributed by atoms with Gasteiger partial charge in [0.25, 0.3) is 0 Å². The summed E-state index contributed by atoms with van der Waals surface area (Å²) in [7, 11) is -1.88. The van der Waals surface area contributed by atoms with E-state index in [0.717, 1.165) is 0 Å². The molecule has 1 unspecified atom stereocenters. The summed E-state index contributed by atoms with van der Waals surface area (Å²) in [6.45, 7) is 3.35. The van der Waals surface area contributed by atoms with Crippen LogP contribution >= 0.6 is 23.2 Å². The Hall–Kier alpha value is -0.370. The zero-order chi connectivity index (χ0) is 15.6. The lowest BCUT2D eigenvalue weighted by atomic mass is 10.2. The molecule has 0 radical (unpaired) electrons. The summed E-state index contributed by atoms with van der Waals surface area (Å²) >= 11 is 12.2. The fourth-order valence-electron chi connectivity index (χ4n) is 2.24. The van der Waals surface area contributed by atoms with Crippen molar-refractivity contribution in [3.8, 4) is 0 Å². The lowest BCUT2D eigenvalue weighted by Gasteiger charge is -2.30. The van der Waals surface area contributed by atoms with E-state index >= 15 is 0 Å². The molecule has 1 aromatic carbocycles. The van der Waals surface area contributed by atoms with Gasteiger partial charge in [0.1, 0.15) is 4.90 Å². The minimum atomic E-state index is -3.65. The number of nitrogens with one attached hydrogen (secondary N) is 1. The van der Waals surface area contributed by atoms with Gasteiger partial charge in [0, 0.05) is 24.7 Å². The summed E-state index contributed by atoms with van der Waals surface area (Å²) < 4.78 is 32.3. The van der Waals surface area contributed by atoms with Gasteiger partial charge < -0.3 is 10.1 Å². The van der Waals surface area contributed by atoms with Crippen LogP contribution in [-0.4, -0.2) is 45.6 Å². The van der Waals surface area contributed by atoms with Crippen molar-refractivity contribution in [2.24, 2.45) is 0 Å². The lowest BCUT2D eigenvalue weighted by Crippen LogP contribution is -2.44. The predicted molar refractivity (Wildman–Crippen MR) is 83.4 cm³/mol. The first-order valence-electron chi connectivity index (χ1n) is 6.60. The van der Waals surface area contributed by atoms with Gasteiger partial charge in [-0.1, -0.05) is 23.2 Å². The van der Waals surface area contributed by atoms with Crippen molar-refractivity contribution in [1.82, 2.24) is 9.62 Å². The van der Waals surface area contributed by atoms with Crippen LogP contribution in [0.3, 0.4) is 0 Å². The van der Waals surface area contributed by atoms with Gasteiger partial charge in [-0.25, -0.2) is 8.42 Å². The van der Waals surface area contributed by atoms with E-state index in [2.05, 4.69) is 5.32 Å². The molecule has 0 aromatic heterocycles. The molecule has 0 spiro atoms. The average molecular weight is 353 g/mol. The summed E-state index contributed by atoms with van der Waals surface area (Å²) in [4.78, 5) is 0.0907. The number of nitrogens with zero attached hydrogens (tertiary/aromatic N) is 1. The summed E-state index contributed by atoms with van der Waals surface area (Å²) in [5.41, 5.74) is 0.698. The number of benzene rings is 1. The molecule has 0 aliphatic carbocycles. The normalized spacial score (nSPS) is 20.7. The fraction of sp³-hybridized carbons (Fsp3) is 0.538. The Morgan fingerprint density at radius 2 is 2.10 bits per heavy atom. The number of hydrogen-bond acceptors (Lipinski definition) is 4. The van der Waals surface area contributed by atoms with Crippen LogP contribution in [0.2, 0.25) is 10.0 Å². The van der Waals surface area contributed by atoms with Crippen LogP contribution in [0, 0.1) is 0 Å². The number of rotatable bonds is 4. The molecule has 1 saturated heterocycles. The minimum Gasteiger partial charge on any atom is -0.376 e. The SMILES string of the molecule is CNCc1cc(S(=O)(=O)N2CCOC(C)C2)c(Cl)cc1Cl.